The zero-order valence-corrected chi connectivity index (χ0v) is 15.8. The van der Waals surface area contributed by atoms with E-state index in [1.807, 2.05) is 25.8 Å². The first-order chi connectivity index (χ1) is 10.6. The number of sulfonamides is 1. The molecule has 1 N–H and O–H groups in total. The van der Waals surface area contributed by atoms with Gasteiger partial charge in [-0.15, -0.1) is 0 Å². The molecule has 1 aromatic carbocycles. The Morgan fingerprint density at radius 2 is 1.96 bits per heavy atom. The number of rotatable bonds is 4. The van der Waals surface area contributed by atoms with Gasteiger partial charge in [0.25, 0.3) is 0 Å². The summed E-state index contributed by atoms with van der Waals surface area (Å²) in [5, 5.41) is 12.1. The quantitative estimate of drug-likeness (QED) is 0.284. The van der Waals surface area contributed by atoms with E-state index >= 15 is 0 Å². The van der Waals surface area contributed by atoms with Crippen molar-refractivity contribution in [1.82, 2.24) is 9.62 Å². The zero-order valence-electron chi connectivity index (χ0n) is 13.3. The van der Waals surface area contributed by atoms with Crippen molar-refractivity contribution in [2.24, 2.45) is 0 Å². The van der Waals surface area contributed by atoms with Crippen LogP contribution in [0.2, 0.25) is 0 Å². The summed E-state index contributed by atoms with van der Waals surface area (Å²) in [6, 6.07) is 6.14. The highest BCUT2D eigenvalue weighted by Gasteiger charge is 2.48. The van der Waals surface area contributed by atoms with Crippen LogP contribution in [0.5, 0.6) is 0 Å². The molecule has 0 radical (unpaired) electrons. The lowest BCUT2D eigenvalue weighted by Crippen LogP contribution is -2.47. The van der Waals surface area contributed by atoms with E-state index in [1.165, 1.54) is 37.2 Å². The smallest absolute Gasteiger partial charge is 0.240 e. The molecule has 1 aliphatic heterocycles. The molecule has 2 rings (SSSR count). The minimum atomic E-state index is -3.48. The summed E-state index contributed by atoms with van der Waals surface area (Å²) in [4.78, 5) is 2.07. The third-order valence-electron chi connectivity index (χ3n) is 3.92. The SMILES string of the molecule is CNS(=O)(=O)c1ccc(/C=[N+](\[O-])C2SC(=S)N(C)C2(C)C)cc1. The zero-order chi connectivity index (χ0) is 17.4. The van der Waals surface area contributed by atoms with Crippen LogP contribution in [0.25, 0.3) is 0 Å². The average molecular weight is 374 g/mol. The molecule has 9 heteroatoms. The Bertz CT molecular complexity index is 742. The van der Waals surface area contributed by atoms with Crippen LogP contribution in [-0.4, -0.2) is 53.6 Å². The van der Waals surface area contributed by atoms with E-state index in [0.29, 0.717) is 9.88 Å². The van der Waals surface area contributed by atoms with Gasteiger partial charge in [0.2, 0.25) is 15.4 Å². The molecule has 126 valence electrons. The fraction of sp³-hybridized carbons (Fsp3) is 0.429. The van der Waals surface area contributed by atoms with Gasteiger partial charge >= 0.3 is 0 Å². The van der Waals surface area contributed by atoms with Crippen molar-refractivity contribution in [2.75, 3.05) is 14.1 Å². The Morgan fingerprint density at radius 1 is 1.39 bits per heavy atom. The molecular weight excluding hydrogens is 354 g/mol. The summed E-state index contributed by atoms with van der Waals surface area (Å²) in [6.07, 6.45) is 1.46. The first-order valence-corrected chi connectivity index (χ1v) is 9.65. The standard InChI is InChI=1S/C14H19N3O3S3/c1-14(2)12(22-13(21)16(14)4)17(18)9-10-5-7-11(8-6-10)23(19,20)15-3/h5-9,12,15H,1-4H3/b17-9-. The number of nitrogens with one attached hydrogen (secondary N) is 1. The number of thioether (sulfide) groups is 1. The number of nitrogens with zero attached hydrogens (tertiary/aromatic N) is 2. The van der Waals surface area contributed by atoms with Crippen molar-refractivity contribution in [3.63, 3.8) is 0 Å². The number of thiocarbonyl (C=S) groups is 1. The normalized spacial score (nSPS) is 21.7. The molecule has 6 nitrogen and oxygen atoms in total. The number of hydrogen-bond acceptors (Lipinski definition) is 5. The number of hydroxylamine groups is 1. The second kappa shape index (κ2) is 6.39. The minimum absolute atomic E-state index is 0.158. The lowest BCUT2D eigenvalue weighted by Gasteiger charge is -2.30. The summed E-state index contributed by atoms with van der Waals surface area (Å²) in [5.74, 6) is 0. The third-order valence-corrected chi connectivity index (χ3v) is 7.40. The Labute approximate surface area is 146 Å². The van der Waals surface area contributed by atoms with Crippen molar-refractivity contribution in [3.8, 4) is 0 Å². The van der Waals surface area contributed by atoms with Crippen LogP contribution in [0.4, 0.5) is 0 Å². The van der Waals surface area contributed by atoms with Gasteiger partial charge in [-0.1, -0.05) is 12.2 Å². The first-order valence-electron chi connectivity index (χ1n) is 6.88. The van der Waals surface area contributed by atoms with Crippen LogP contribution < -0.4 is 4.72 Å². The molecule has 1 heterocycles. The summed E-state index contributed by atoms with van der Waals surface area (Å²) >= 11 is 6.61. The van der Waals surface area contributed by atoms with Gasteiger partial charge in [-0.25, -0.2) is 13.1 Å². The van der Waals surface area contributed by atoms with Crippen LogP contribution in [-0.2, 0) is 10.0 Å². The predicted molar refractivity (Wildman–Crippen MR) is 97.3 cm³/mol. The molecule has 1 atom stereocenters. The first kappa shape index (κ1) is 18.2. The molecule has 1 fully saturated rings. The monoisotopic (exact) mass is 373 g/mol. The molecule has 1 aromatic rings. The lowest BCUT2D eigenvalue weighted by atomic mass is 10.0. The molecule has 1 unspecified atom stereocenters. The number of likely N-dealkylation sites (N-methyl/N-ethyl adjacent to an activating group) is 1. The van der Waals surface area contributed by atoms with Gasteiger partial charge in [-0.05, 0) is 56.9 Å². The summed E-state index contributed by atoms with van der Waals surface area (Å²) in [6.45, 7) is 3.93. The second-order valence-electron chi connectivity index (χ2n) is 5.71. The summed E-state index contributed by atoms with van der Waals surface area (Å²) in [7, 11) is -0.245. The minimum Gasteiger partial charge on any atom is -0.623 e. The third kappa shape index (κ3) is 3.52. The Balaban J connectivity index is 2.27. The fourth-order valence-corrected chi connectivity index (χ4v) is 4.58. The van der Waals surface area contributed by atoms with Crippen LogP contribution in [0.1, 0.15) is 19.4 Å². The highest BCUT2D eigenvalue weighted by molar-refractivity contribution is 8.23. The number of benzene rings is 1. The van der Waals surface area contributed by atoms with E-state index in [2.05, 4.69) is 4.72 Å². The van der Waals surface area contributed by atoms with Crippen LogP contribution >= 0.6 is 24.0 Å². The summed E-state index contributed by atoms with van der Waals surface area (Å²) in [5.41, 5.74) is 0.238. The van der Waals surface area contributed by atoms with E-state index in [4.69, 9.17) is 12.2 Å². The van der Waals surface area contributed by atoms with Crippen molar-refractivity contribution in [3.05, 3.63) is 35.0 Å². The Morgan fingerprint density at radius 3 is 2.39 bits per heavy atom. The lowest BCUT2D eigenvalue weighted by molar-refractivity contribution is -0.480. The molecule has 0 saturated carbocycles. The molecule has 1 aliphatic rings. The van der Waals surface area contributed by atoms with Crippen LogP contribution in [0.3, 0.4) is 0 Å². The topological polar surface area (TPSA) is 75.5 Å². The maximum absolute atomic E-state index is 12.5. The Hall–Kier alpha value is -1.16. The van der Waals surface area contributed by atoms with Gasteiger partial charge in [0.1, 0.15) is 9.86 Å². The molecule has 0 amide bonds. The Kier molecular flexibility index (Phi) is 5.05. The van der Waals surface area contributed by atoms with E-state index in [-0.39, 0.29) is 10.3 Å². The molecule has 0 spiro atoms. The van der Waals surface area contributed by atoms with Crippen molar-refractivity contribution in [1.29, 1.82) is 0 Å². The van der Waals surface area contributed by atoms with E-state index in [0.717, 1.165) is 4.74 Å². The maximum Gasteiger partial charge on any atom is 0.240 e. The molecular formula is C14H19N3O3S3. The van der Waals surface area contributed by atoms with Gasteiger partial charge in [0.05, 0.1) is 4.90 Å². The molecule has 1 saturated heterocycles. The molecule has 0 bridgehead atoms. The molecule has 0 aliphatic carbocycles. The highest BCUT2D eigenvalue weighted by Crippen LogP contribution is 2.38. The van der Waals surface area contributed by atoms with Gasteiger partial charge in [0.15, 0.2) is 6.21 Å². The fourth-order valence-electron chi connectivity index (χ4n) is 2.15. The van der Waals surface area contributed by atoms with E-state index in [9.17, 15) is 13.6 Å². The van der Waals surface area contributed by atoms with Gasteiger partial charge in [-0.2, -0.15) is 4.74 Å². The second-order valence-corrected chi connectivity index (χ2v) is 9.31. The van der Waals surface area contributed by atoms with Gasteiger partial charge in [0, 0.05) is 12.6 Å². The molecule has 0 aromatic heterocycles. The maximum atomic E-state index is 12.5. The van der Waals surface area contributed by atoms with Crippen LogP contribution in [0, 0.1) is 5.21 Å². The van der Waals surface area contributed by atoms with Gasteiger partial charge < -0.3 is 10.1 Å². The highest BCUT2D eigenvalue weighted by atomic mass is 32.2. The summed E-state index contributed by atoms with van der Waals surface area (Å²) < 4.78 is 27.2. The molecule has 23 heavy (non-hydrogen) atoms. The van der Waals surface area contributed by atoms with Gasteiger partial charge in [-0.3, -0.25) is 0 Å². The van der Waals surface area contributed by atoms with E-state index < -0.39 is 15.6 Å². The predicted octanol–water partition coefficient (Wildman–Crippen LogP) is 1.59. The largest absolute Gasteiger partial charge is 0.623 e. The van der Waals surface area contributed by atoms with Crippen molar-refractivity contribution in [2.45, 2.75) is 29.7 Å². The van der Waals surface area contributed by atoms with Crippen molar-refractivity contribution < 1.29 is 13.2 Å². The average Bonchev–Trinajstić information content (AvgIpc) is 2.71. The van der Waals surface area contributed by atoms with Crippen molar-refractivity contribution >= 4 is 44.5 Å². The van der Waals surface area contributed by atoms with E-state index in [1.54, 1.807) is 12.1 Å². The van der Waals surface area contributed by atoms with Crippen LogP contribution in [0.15, 0.2) is 29.2 Å². The number of hydrogen-bond donors (Lipinski definition) is 1.